The van der Waals surface area contributed by atoms with Gasteiger partial charge in [0.15, 0.2) is 0 Å². The van der Waals surface area contributed by atoms with Crippen molar-refractivity contribution in [2.45, 2.75) is 25.8 Å². The summed E-state index contributed by atoms with van der Waals surface area (Å²) in [7, 11) is 0. The van der Waals surface area contributed by atoms with E-state index in [-0.39, 0.29) is 18.6 Å². The Balaban J connectivity index is 2.01. The van der Waals surface area contributed by atoms with Gasteiger partial charge in [-0.05, 0) is 29.5 Å². The molecule has 2 rings (SSSR count). The number of H-pyrrole nitrogens is 1. The second-order valence-electron chi connectivity index (χ2n) is 4.43. The molecule has 0 aliphatic carbocycles. The normalized spacial score (nSPS) is 12.6. The number of benzene rings is 1. The van der Waals surface area contributed by atoms with E-state index in [0.717, 1.165) is 22.9 Å². The van der Waals surface area contributed by atoms with Crippen LogP contribution in [0.3, 0.4) is 0 Å². The second kappa shape index (κ2) is 5.69. The average Bonchev–Trinajstić information content (AvgIpc) is 2.83. The van der Waals surface area contributed by atoms with Gasteiger partial charge in [0.25, 0.3) is 0 Å². The van der Waals surface area contributed by atoms with Crippen molar-refractivity contribution in [3.63, 3.8) is 0 Å². The zero-order valence-electron chi connectivity index (χ0n) is 10.4. The molecular formula is C14H18N2O2. The van der Waals surface area contributed by atoms with E-state index >= 15 is 0 Å². The van der Waals surface area contributed by atoms with Gasteiger partial charge in [-0.3, -0.25) is 4.79 Å². The van der Waals surface area contributed by atoms with Gasteiger partial charge in [0, 0.05) is 11.7 Å². The molecule has 0 aliphatic heterocycles. The number of carbonyl (C=O) groups is 1. The van der Waals surface area contributed by atoms with Crippen molar-refractivity contribution in [2.75, 3.05) is 6.61 Å². The summed E-state index contributed by atoms with van der Waals surface area (Å²) >= 11 is 0. The SMILES string of the molecule is CCC(CO)NC(=O)Cc1ccc2cc[nH]c2c1. The second-order valence-corrected chi connectivity index (χ2v) is 4.43. The van der Waals surface area contributed by atoms with Crippen LogP contribution in [0.15, 0.2) is 30.5 Å². The largest absolute Gasteiger partial charge is 0.394 e. The maximum absolute atomic E-state index is 11.8. The van der Waals surface area contributed by atoms with Gasteiger partial charge >= 0.3 is 0 Å². The summed E-state index contributed by atoms with van der Waals surface area (Å²) in [6.45, 7) is 1.92. The number of fused-ring (bicyclic) bond motifs is 1. The number of carbonyl (C=O) groups excluding carboxylic acids is 1. The Bertz CT molecular complexity index is 529. The summed E-state index contributed by atoms with van der Waals surface area (Å²) < 4.78 is 0. The van der Waals surface area contributed by atoms with E-state index in [0.29, 0.717) is 6.42 Å². The lowest BCUT2D eigenvalue weighted by molar-refractivity contribution is -0.121. The summed E-state index contributed by atoms with van der Waals surface area (Å²) in [5, 5.41) is 13.0. The maximum Gasteiger partial charge on any atom is 0.224 e. The highest BCUT2D eigenvalue weighted by Crippen LogP contribution is 2.14. The van der Waals surface area contributed by atoms with E-state index in [9.17, 15) is 4.79 Å². The molecule has 4 nitrogen and oxygen atoms in total. The molecule has 18 heavy (non-hydrogen) atoms. The fourth-order valence-electron chi connectivity index (χ4n) is 1.95. The first kappa shape index (κ1) is 12.6. The molecule has 4 heteroatoms. The van der Waals surface area contributed by atoms with Crippen LogP contribution in [-0.4, -0.2) is 28.6 Å². The number of amides is 1. The Labute approximate surface area is 106 Å². The van der Waals surface area contributed by atoms with Gasteiger partial charge in [0.2, 0.25) is 5.91 Å². The van der Waals surface area contributed by atoms with Gasteiger partial charge < -0.3 is 15.4 Å². The summed E-state index contributed by atoms with van der Waals surface area (Å²) in [6, 6.07) is 7.78. The molecule has 1 atom stereocenters. The number of hydrogen-bond acceptors (Lipinski definition) is 2. The molecule has 0 aliphatic rings. The molecule has 3 N–H and O–H groups in total. The number of rotatable bonds is 5. The van der Waals surface area contributed by atoms with Crippen molar-refractivity contribution < 1.29 is 9.90 Å². The quantitative estimate of drug-likeness (QED) is 0.750. The molecule has 0 saturated heterocycles. The number of hydrogen-bond donors (Lipinski definition) is 3. The summed E-state index contributed by atoms with van der Waals surface area (Å²) in [5.41, 5.74) is 2.00. The van der Waals surface area contributed by atoms with Gasteiger partial charge in [-0.15, -0.1) is 0 Å². The minimum atomic E-state index is -0.147. The number of aliphatic hydroxyl groups excluding tert-OH is 1. The predicted molar refractivity (Wildman–Crippen MR) is 71.3 cm³/mol. The molecule has 1 heterocycles. The predicted octanol–water partition coefficient (Wildman–Crippen LogP) is 1.60. The lowest BCUT2D eigenvalue weighted by atomic mass is 10.1. The Hall–Kier alpha value is -1.81. The van der Waals surface area contributed by atoms with Crippen LogP contribution in [0.4, 0.5) is 0 Å². The minimum absolute atomic E-state index is 0.0160. The zero-order valence-corrected chi connectivity index (χ0v) is 10.4. The molecule has 1 aromatic carbocycles. The van der Waals surface area contributed by atoms with E-state index in [1.165, 1.54) is 0 Å². The molecule has 1 unspecified atom stereocenters. The lowest BCUT2D eigenvalue weighted by Gasteiger charge is -2.13. The molecule has 0 bridgehead atoms. The molecule has 1 aromatic heterocycles. The van der Waals surface area contributed by atoms with Crippen molar-refractivity contribution >= 4 is 16.8 Å². The fraction of sp³-hybridized carbons (Fsp3) is 0.357. The monoisotopic (exact) mass is 246 g/mol. The van der Waals surface area contributed by atoms with Crippen molar-refractivity contribution in [2.24, 2.45) is 0 Å². The Kier molecular flexibility index (Phi) is 3.99. The lowest BCUT2D eigenvalue weighted by Crippen LogP contribution is -2.37. The minimum Gasteiger partial charge on any atom is -0.394 e. The number of aromatic nitrogens is 1. The van der Waals surface area contributed by atoms with E-state index < -0.39 is 0 Å². The van der Waals surface area contributed by atoms with Crippen molar-refractivity contribution in [3.8, 4) is 0 Å². The van der Waals surface area contributed by atoms with E-state index in [1.54, 1.807) is 0 Å². The summed E-state index contributed by atoms with van der Waals surface area (Å²) in [5.74, 6) is -0.0539. The van der Waals surface area contributed by atoms with Crippen LogP contribution in [-0.2, 0) is 11.2 Å². The van der Waals surface area contributed by atoms with E-state index in [4.69, 9.17) is 5.11 Å². The van der Waals surface area contributed by atoms with Crippen molar-refractivity contribution in [1.82, 2.24) is 10.3 Å². The van der Waals surface area contributed by atoms with Gasteiger partial charge in [0.1, 0.15) is 0 Å². The fourth-order valence-corrected chi connectivity index (χ4v) is 1.95. The summed E-state index contributed by atoms with van der Waals surface area (Å²) in [6.07, 6.45) is 2.96. The number of nitrogens with one attached hydrogen (secondary N) is 2. The Morgan fingerprint density at radius 2 is 2.28 bits per heavy atom. The van der Waals surface area contributed by atoms with Crippen LogP contribution in [0.25, 0.3) is 10.9 Å². The third kappa shape index (κ3) is 2.90. The smallest absolute Gasteiger partial charge is 0.224 e. The molecule has 0 fully saturated rings. The van der Waals surface area contributed by atoms with Crippen molar-refractivity contribution in [1.29, 1.82) is 0 Å². The first-order valence-corrected chi connectivity index (χ1v) is 6.19. The van der Waals surface area contributed by atoms with Gasteiger partial charge in [-0.1, -0.05) is 19.1 Å². The zero-order chi connectivity index (χ0) is 13.0. The molecule has 2 aromatic rings. The molecule has 96 valence electrons. The van der Waals surface area contributed by atoms with Crippen LogP contribution in [0.5, 0.6) is 0 Å². The highest BCUT2D eigenvalue weighted by Gasteiger charge is 2.10. The molecule has 0 spiro atoms. The van der Waals surface area contributed by atoms with Crippen LogP contribution >= 0.6 is 0 Å². The molecule has 0 saturated carbocycles. The molecular weight excluding hydrogens is 228 g/mol. The highest BCUT2D eigenvalue weighted by molar-refractivity contribution is 5.83. The average molecular weight is 246 g/mol. The van der Waals surface area contributed by atoms with Gasteiger partial charge in [-0.2, -0.15) is 0 Å². The molecule has 1 amide bonds. The maximum atomic E-state index is 11.8. The van der Waals surface area contributed by atoms with Crippen LogP contribution < -0.4 is 5.32 Å². The standard InChI is InChI=1S/C14H18N2O2/c1-2-12(9-17)16-14(18)8-10-3-4-11-5-6-15-13(11)7-10/h3-7,12,15,17H,2,8-9H2,1H3,(H,16,18). The summed E-state index contributed by atoms with van der Waals surface area (Å²) in [4.78, 5) is 14.9. The topological polar surface area (TPSA) is 65.1 Å². The van der Waals surface area contributed by atoms with Gasteiger partial charge in [-0.25, -0.2) is 0 Å². The Morgan fingerprint density at radius 3 is 3.00 bits per heavy atom. The first-order valence-electron chi connectivity index (χ1n) is 6.19. The van der Waals surface area contributed by atoms with E-state index in [2.05, 4.69) is 10.3 Å². The third-order valence-corrected chi connectivity index (χ3v) is 3.06. The number of aliphatic hydroxyl groups is 1. The molecule has 0 radical (unpaired) electrons. The van der Waals surface area contributed by atoms with Crippen LogP contribution in [0.1, 0.15) is 18.9 Å². The van der Waals surface area contributed by atoms with Crippen LogP contribution in [0.2, 0.25) is 0 Å². The van der Waals surface area contributed by atoms with Gasteiger partial charge in [0.05, 0.1) is 19.1 Å². The third-order valence-electron chi connectivity index (χ3n) is 3.06. The van der Waals surface area contributed by atoms with Crippen molar-refractivity contribution in [3.05, 3.63) is 36.0 Å². The number of aromatic amines is 1. The highest BCUT2D eigenvalue weighted by atomic mass is 16.3. The first-order chi connectivity index (χ1) is 8.72. The van der Waals surface area contributed by atoms with E-state index in [1.807, 2.05) is 37.4 Å². The Morgan fingerprint density at radius 1 is 1.44 bits per heavy atom. The van der Waals surface area contributed by atoms with Crippen LogP contribution in [0, 0.1) is 0 Å².